The molecule has 2 heterocycles. The predicted octanol–water partition coefficient (Wildman–Crippen LogP) is 0.680. The summed E-state index contributed by atoms with van der Waals surface area (Å²) < 4.78 is 0. The summed E-state index contributed by atoms with van der Waals surface area (Å²) in [5.41, 5.74) is 6.02. The Kier molecular flexibility index (Phi) is 3.76. The SMILES string of the molecule is NC(=NO)C1CCCN(C(=O)c2ccccn2)C1. The maximum Gasteiger partial charge on any atom is 0.272 e. The average Bonchev–Trinajstić information content (AvgIpc) is 2.46. The molecule has 0 aromatic carbocycles. The number of aromatic nitrogens is 1. The van der Waals surface area contributed by atoms with Gasteiger partial charge in [0.2, 0.25) is 0 Å². The van der Waals surface area contributed by atoms with E-state index in [1.165, 1.54) is 0 Å². The van der Waals surface area contributed by atoms with Crippen molar-refractivity contribution in [2.75, 3.05) is 13.1 Å². The van der Waals surface area contributed by atoms with Crippen molar-refractivity contribution in [2.24, 2.45) is 16.8 Å². The highest BCUT2D eigenvalue weighted by molar-refractivity contribution is 5.93. The van der Waals surface area contributed by atoms with Gasteiger partial charge in [0.15, 0.2) is 0 Å². The number of piperidine rings is 1. The fraction of sp³-hybridized carbons (Fsp3) is 0.417. The van der Waals surface area contributed by atoms with Crippen LogP contribution in [0.2, 0.25) is 0 Å². The van der Waals surface area contributed by atoms with E-state index in [4.69, 9.17) is 10.9 Å². The van der Waals surface area contributed by atoms with Crippen LogP contribution in [0, 0.1) is 5.92 Å². The fourth-order valence-electron chi connectivity index (χ4n) is 2.14. The van der Waals surface area contributed by atoms with E-state index in [9.17, 15) is 4.79 Å². The van der Waals surface area contributed by atoms with Gasteiger partial charge in [-0.25, -0.2) is 0 Å². The molecule has 1 unspecified atom stereocenters. The predicted molar refractivity (Wildman–Crippen MR) is 66.3 cm³/mol. The normalized spacial score (nSPS) is 20.8. The van der Waals surface area contributed by atoms with Crippen LogP contribution in [-0.4, -0.2) is 39.9 Å². The van der Waals surface area contributed by atoms with Crippen molar-refractivity contribution in [3.05, 3.63) is 30.1 Å². The smallest absolute Gasteiger partial charge is 0.272 e. The lowest BCUT2D eigenvalue weighted by Gasteiger charge is -2.31. The van der Waals surface area contributed by atoms with Gasteiger partial charge in [0, 0.05) is 25.2 Å². The number of rotatable bonds is 2. The molecule has 1 aromatic heterocycles. The van der Waals surface area contributed by atoms with Crippen LogP contribution in [-0.2, 0) is 0 Å². The van der Waals surface area contributed by atoms with Crippen molar-refractivity contribution >= 4 is 11.7 Å². The van der Waals surface area contributed by atoms with Crippen molar-refractivity contribution in [3.63, 3.8) is 0 Å². The van der Waals surface area contributed by atoms with Gasteiger partial charge >= 0.3 is 0 Å². The molecule has 1 aliphatic heterocycles. The van der Waals surface area contributed by atoms with Crippen LogP contribution in [0.1, 0.15) is 23.3 Å². The molecule has 0 saturated carbocycles. The number of amides is 1. The van der Waals surface area contributed by atoms with Crippen LogP contribution in [0.4, 0.5) is 0 Å². The highest BCUT2D eigenvalue weighted by Crippen LogP contribution is 2.18. The zero-order valence-corrected chi connectivity index (χ0v) is 9.99. The molecule has 0 radical (unpaired) electrons. The molecule has 6 nitrogen and oxygen atoms in total. The van der Waals surface area contributed by atoms with E-state index in [0.717, 1.165) is 12.8 Å². The highest BCUT2D eigenvalue weighted by Gasteiger charge is 2.27. The lowest BCUT2D eigenvalue weighted by atomic mass is 9.97. The minimum absolute atomic E-state index is 0.0728. The first-order valence-electron chi connectivity index (χ1n) is 5.90. The van der Waals surface area contributed by atoms with Crippen molar-refractivity contribution in [1.82, 2.24) is 9.88 Å². The van der Waals surface area contributed by atoms with Crippen molar-refractivity contribution in [2.45, 2.75) is 12.8 Å². The Bertz CT molecular complexity index is 447. The third kappa shape index (κ3) is 2.58. The zero-order chi connectivity index (χ0) is 13.0. The lowest BCUT2D eigenvalue weighted by Crippen LogP contribution is -2.44. The lowest BCUT2D eigenvalue weighted by molar-refractivity contribution is 0.0695. The summed E-state index contributed by atoms with van der Waals surface area (Å²) in [6, 6.07) is 5.24. The van der Waals surface area contributed by atoms with Crippen LogP contribution < -0.4 is 5.73 Å². The molecule has 0 aliphatic carbocycles. The Morgan fingerprint density at radius 1 is 1.56 bits per heavy atom. The first kappa shape index (κ1) is 12.3. The molecule has 0 spiro atoms. The largest absolute Gasteiger partial charge is 0.409 e. The number of carbonyl (C=O) groups is 1. The van der Waals surface area contributed by atoms with Gasteiger partial charge in [-0.05, 0) is 25.0 Å². The maximum atomic E-state index is 12.2. The number of hydrogen-bond donors (Lipinski definition) is 2. The molecule has 2 rings (SSSR count). The van der Waals surface area contributed by atoms with Gasteiger partial charge < -0.3 is 15.8 Å². The molecule has 1 amide bonds. The molecule has 6 heteroatoms. The van der Waals surface area contributed by atoms with E-state index in [2.05, 4.69) is 10.1 Å². The first-order chi connectivity index (χ1) is 8.72. The van der Waals surface area contributed by atoms with Crippen molar-refractivity contribution in [3.8, 4) is 0 Å². The molecule has 1 aromatic rings. The summed E-state index contributed by atoms with van der Waals surface area (Å²) in [6.45, 7) is 1.16. The van der Waals surface area contributed by atoms with Gasteiger partial charge in [0.05, 0.1) is 0 Å². The molecule has 3 N–H and O–H groups in total. The second kappa shape index (κ2) is 5.48. The summed E-state index contributed by atoms with van der Waals surface area (Å²) in [6.07, 6.45) is 3.28. The van der Waals surface area contributed by atoms with Crippen molar-refractivity contribution < 1.29 is 10.0 Å². The van der Waals surface area contributed by atoms with Gasteiger partial charge in [-0.15, -0.1) is 0 Å². The summed E-state index contributed by atoms with van der Waals surface area (Å²) in [4.78, 5) is 17.9. The van der Waals surface area contributed by atoms with Crippen LogP contribution in [0.3, 0.4) is 0 Å². The van der Waals surface area contributed by atoms with Gasteiger partial charge in [0.25, 0.3) is 5.91 Å². The van der Waals surface area contributed by atoms with Crippen LogP contribution in [0.5, 0.6) is 0 Å². The van der Waals surface area contributed by atoms with E-state index in [1.807, 2.05) is 0 Å². The van der Waals surface area contributed by atoms with E-state index < -0.39 is 0 Å². The van der Waals surface area contributed by atoms with Crippen LogP contribution in [0.15, 0.2) is 29.6 Å². The summed E-state index contributed by atoms with van der Waals surface area (Å²) in [5.74, 6) is 0.0102. The van der Waals surface area contributed by atoms with Crippen LogP contribution in [0.25, 0.3) is 0 Å². The maximum absolute atomic E-state index is 12.2. The standard InChI is InChI=1S/C12H16N4O2/c13-11(15-18)9-4-3-7-16(8-9)12(17)10-5-1-2-6-14-10/h1-2,5-6,9,18H,3-4,7-8H2,(H2,13,15). The number of nitrogens with zero attached hydrogens (tertiary/aromatic N) is 3. The second-order valence-electron chi connectivity index (χ2n) is 4.33. The Morgan fingerprint density at radius 3 is 3.06 bits per heavy atom. The second-order valence-corrected chi connectivity index (χ2v) is 4.33. The highest BCUT2D eigenvalue weighted by atomic mass is 16.4. The Balaban J connectivity index is 2.08. The Labute approximate surface area is 105 Å². The van der Waals surface area contributed by atoms with Gasteiger partial charge in [-0.2, -0.15) is 0 Å². The Morgan fingerprint density at radius 2 is 2.39 bits per heavy atom. The molecule has 18 heavy (non-hydrogen) atoms. The number of nitrogens with two attached hydrogens (primary N) is 1. The van der Waals surface area contributed by atoms with E-state index in [1.54, 1.807) is 29.3 Å². The summed E-state index contributed by atoms with van der Waals surface area (Å²) in [7, 11) is 0. The van der Waals surface area contributed by atoms with Gasteiger partial charge in [-0.1, -0.05) is 11.2 Å². The molecular weight excluding hydrogens is 232 g/mol. The molecule has 1 aliphatic rings. The van der Waals surface area contributed by atoms with E-state index in [0.29, 0.717) is 18.8 Å². The average molecular weight is 248 g/mol. The van der Waals surface area contributed by atoms with Gasteiger partial charge in [-0.3, -0.25) is 9.78 Å². The van der Waals surface area contributed by atoms with Crippen LogP contribution >= 0.6 is 0 Å². The van der Waals surface area contributed by atoms with E-state index in [-0.39, 0.29) is 17.7 Å². The number of hydrogen-bond acceptors (Lipinski definition) is 4. The molecule has 96 valence electrons. The van der Waals surface area contributed by atoms with Gasteiger partial charge in [0.1, 0.15) is 11.5 Å². The number of carbonyl (C=O) groups excluding carboxylic acids is 1. The number of oxime groups is 1. The zero-order valence-electron chi connectivity index (χ0n) is 9.99. The first-order valence-corrected chi connectivity index (χ1v) is 5.90. The minimum atomic E-state index is -0.106. The third-order valence-corrected chi connectivity index (χ3v) is 3.13. The summed E-state index contributed by atoms with van der Waals surface area (Å²) >= 11 is 0. The number of pyridine rings is 1. The molecule has 1 fully saturated rings. The van der Waals surface area contributed by atoms with Crippen molar-refractivity contribution in [1.29, 1.82) is 0 Å². The summed E-state index contributed by atoms with van der Waals surface area (Å²) in [5, 5.41) is 11.7. The number of likely N-dealkylation sites (tertiary alicyclic amines) is 1. The monoisotopic (exact) mass is 248 g/mol. The molecule has 1 saturated heterocycles. The minimum Gasteiger partial charge on any atom is -0.409 e. The van der Waals surface area contributed by atoms with E-state index >= 15 is 0 Å². The number of amidine groups is 1. The molecule has 1 atom stereocenters. The molecular formula is C12H16N4O2. The fourth-order valence-corrected chi connectivity index (χ4v) is 2.14. The Hall–Kier alpha value is -2.11. The molecule has 0 bridgehead atoms. The third-order valence-electron chi connectivity index (χ3n) is 3.13. The quantitative estimate of drug-likeness (QED) is 0.348. The topological polar surface area (TPSA) is 91.8 Å².